The smallest absolute Gasteiger partial charge is 0.224 e. The van der Waals surface area contributed by atoms with E-state index in [-0.39, 0.29) is 32.5 Å². The van der Waals surface area contributed by atoms with E-state index >= 15 is 0 Å². The van der Waals surface area contributed by atoms with Crippen LogP contribution >= 0.6 is 0 Å². The quantitative estimate of drug-likeness (QED) is 0.459. The number of nitrogen functional groups attached to an aromatic ring is 1. The molecule has 0 spiro atoms. The van der Waals surface area contributed by atoms with Gasteiger partial charge in [0, 0.05) is 6.54 Å². The van der Waals surface area contributed by atoms with E-state index in [1.165, 1.54) is 0 Å². The first-order chi connectivity index (χ1) is 9.26. The van der Waals surface area contributed by atoms with Crippen LogP contribution in [0.15, 0.2) is 6.33 Å². The summed E-state index contributed by atoms with van der Waals surface area (Å²) in [5.74, 6) is 0.578. The Hall–Kier alpha value is -1.97. The molecule has 104 valence electrons. The van der Waals surface area contributed by atoms with Crippen molar-refractivity contribution in [1.82, 2.24) is 19.5 Å². The number of hydrogen-bond donors (Lipinski definition) is 4. The first kappa shape index (κ1) is 13.5. The van der Waals surface area contributed by atoms with Gasteiger partial charge < -0.3 is 26.0 Å². The van der Waals surface area contributed by atoms with Gasteiger partial charge in [-0.15, -0.1) is 0 Å². The molecular weight excluding hydrogens is 252 g/mol. The van der Waals surface area contributed by atoms with E-state index in [4.69, 9.17) is 20.7 Å². The predicted octanol–water partition coefficient (Wildman–Crippen LogP) is -1.22. The number of anilines is 2. The third-order valence-electron chi connectivity index (χ3n) is 2.35. The molecule has 2 aromatic rings. The summed E-state index contributed by atoms with van der Waals surface area (Å²) in [6.45, 7) is 0.723. The second-order valence-corrected chi connectivity index (χ2v) is 3.73. The highest BCUT2D eigenvalue weighted by molar-refractivity contribution is 5.84. The molecule has 2 rings (SSSR count). The molecule has 9 heteroatoms. The average Bonchev–Trinajstić information content (AvgIpc) is 2.79. The normalized spacial score (nSPS) is 11.1. The topological polar surface area (TPSA) is 131 Å². The maximum absolute atomic E-state index is 8.81. The van der Waals surface area contributed by atoms with Crippen LogP contribution in [0.25, 0.3) is 11.2 Å². The van der Waals surface area contributed by atoms with Gasteiger partial charge in [0.15, 0.2) is 17.0 Å². The van der Waals surface area contributed by atoms with Crippen LogP contribution in [-0.2, 0) is 11.5 Å². The number of aliphatic hydroxyl groups is 2. The lowest BCUT2D eigenvalue weighted by Crippen LogP contribution is -2.10. The largest absolute Gasteiger partial charge is 0.395 e. The zero-order valence-electron chi connectivity index (χ0n) is 10.3. The van der Waals surface area contributed by atoms with Crippen LogP contribution in [0.1, 0.15) is 0 Å². The summed E-state index contributed by atoms with van der Waals surface area (Å²) < 4.78 is 6.87. The minimum absolute atomic E-state index is 0.0221. The maximum Gasteiger partial charge on any atom is 0.224 e. The molecule has 9 nitrogen and oxygen atoms in total. The second kappa shape index (κ2) is 6.27. The van der Waals surface area contributed by atoms with Crippen molar-refractivity contribution in [3.63, 3.8) is 0 Å². The van der Waals surface area contributed by atoms with Crippen LogP contribution in [-0.4, -0.2) is 56.1 Å². The highest BCUT2D eigenvalue weighted by atomic mass is 16.5. The molecule has 5 N–H and O–H groups in total. The fraction of sp³-hybridized carbons (Fsp3) is 0.500. The summed E-state index contributed by atoms with van der Waals surface area (Å²) >= 11 is 0. The van der Waals surface area contributed by atoms with Crippen molar-refractivity contribution in [2.45, 2.75) is 6.73 Å². The van der Waals surface area contributed by atoms with E-state index < -0.39 is 0 Å². The molecule has 0 aliphatic carbocycles. The van der Waals surface area contributed by atoms with Gasteiger partial charge in [0.1, 0.15) is 6.73 Å². The minimum atomic E-state index is -0.0486. The van der Waals surface area contributed by atoms with Crippen LogP contribution in [0, 0.1) is 0 Å². The standard InChI is InChI=1S/C10H16N6O3/c11-10-14-8(12-1-2-17)7-9(15-10)16(5-13-7)6-19-4-3-18/h5,17-18H,1-4,6H2,(H3,11,12,14,15). The summed E-state index contributed by atoms with van der Waals surface area (Å²) in [7, 11) is 0. The van der Waals surface area contributed by atoms with Crippen molar-refractivity contribution < 1.29 is 14.9 Å². The van der Waals surface area contributed by atoms with Gasteiger partial charge in [0.05, 0.1) is 26.1 Å². The number of nitrogens with zero attached hydrogens (tertiary/aromatic N) is 4. The summed E-state index contributed by atoms with van der Waals surface area (Å²) in [5, 5.41) is 20.4. The highest BCUT2D eigenvalue weighted by Gasteiger charge is 2.11. The van der Waals surface area contributed by atoms with E-state index in [0.717, 1.165) is 0 Å². The molecule has 0 amide bonds. The lowest BCUT2D eigenvalue weighted by Gasteiger charge is -2.07. The van der Waals surface area contributed by atoms with Gasteiger partial charge in [0.2, 0.25) is 5.95 Å². The van der Waals surface area contributed by atoms with Gasteiger partial charge in [-0.3, -0.25) is 4.57 Å². The number of nitrogens with one attached hydrogen (secondary N) is 1. The van der Waals surface area contributed by atoms with Crippen molar-refractivity contribution in [2.24, 2.45) is 0 Å². The molecule has 0 aliphatic heterocycles. The SMILES string of the molecule is Nc1nc(NCCO)c2ncn(COCCO)c2n1. The molecule has 0 unspecified atom stereocenters. The van der Waals surface area contributed by atoms with Gasteiger partial charge in [-0.2, -0.15) is 9.97 Å². The fourth-order valence-corrected chi connectivity index (χ4v) is 1.58. The monoisotopic (exact) mass is 268 g/mol. The lowest BCUT2D eigenvalue weighted by atomic mass is 10.4. The molecule has 0 bridgehead atoms. The highest BCUT2D eigenvalue weighted by Crippen LogP contribution is 2.19. The van der Waals surface area contributed by atoms with E-state index in [9.17, 15) is 0 Å². The fourth-order valence-electron chi connectivity index (χ4n) is 1.58. The molecule has 0 saturated carbocycles. The lowest BCUT2D eigenvalue weighted by molar-refractivity contribution is 0.0499. The third kappa shape index (κ3) is 3.08. The molecule has 2 aromatic heterocycles. The minimum Gasteiger partial charge on any atom is -0.395 e. The first-order valence-corrected chi connectivity index (χ1v) is 5.78. The molecular formula is C10H16N6O3. The number of aromatic nitrogens is 4. The number of ether oxygens (including phenoxy) is 1. The van der Waals surface area contributed by atoms with Crippen LogP contribution in [0.4, 0.5) is 11.8 Å². The zero-order valence-corrected chi connectivity index (χ0v) is 10.3. The molecule has 0 aliphatic rings. The number of fused-ring (bicyclic) bond motifs is 1. The maximum atomic E-state index is 8.81. The molecule has 19 heavy (non-hydrogen) atoms. The number of hydrogen-bond acceptors (Lipinski definition) is 8. The number of nitrogens with two attached hydrogens (primary N) is 1. The third-order valence-corrected chi connectivity index (χ3v) is 2.35. The summed E-state index contributed by atoms with van der Waals surface area (Å²) in [6, 6.07) is 0. The Kier molecular flexibility index (Phi) is 4.44. The Morgan fingerprint density at radius 2 is 2.16 bits per heavy atom. The molecule has 0 fully saturated rings. The van der Waals surface area contributed by atoms with Crippen molar-refractivity contribution in [3.05, 3.63) is 6.33 Å². The number of imidazole rings is 1. The van der Waals surface area contributed by atoms with Crippen LogP contribution in [0.5, 0.6) is 0 Å². The van der Waals surface area contributed by atoms with Gasteiger partial charge in [-0.25, -0.2) is 4.98 Å². The van der Waals surface area contributed by atoms with Gasteiger partial charge in [0.25, 0.3) is 0 Å². The first-order valence-electron chi connectivity index (χ1n) is 5.78. The van der Waals surface area contributed by atoms with Crippen LogP contribution < -0.4 is 11.1 Å². The van der Waals surface area contributed by atoms with E-state index in [0.29, 0.717) is 23.5 Å². The summed E-state index contributed by atoms with van der Waals surface area (Å²) in [4.78, 5) is 12.3. The van der Waals surface area contributed by atoms with Crippen LogP contribution in [0.2, 0.25) is 0 Å². The second-order valence-electron chi connectivity index (χ2n) is 3.73. The van der Waals surface area contributed by atoms with Gasteiger partial charge in [-0.05, 0) is 0 Å². The Balaban J connectivity index is 2.28. The van der Waals surface area contributed by atoms with Crippen LogP contribution in [0.3, 0.4) is 0 Å². The van der Waals surface area contributed by atoms with Gasteiger partial charge >= 0.3 is 0 Å². The van der Waals surface area contributed by atoms with Crippen molar-refractivity contribution in [3.8, 4) is 0 Å². The number of rotatable bonds is 7. The van der Waals surface area contributed by atoms with E-state index in [1.54, 1.807) is 10.9 Å². The van der Waals surface area contributed by atoms with E-state index in [2.05, 4.69) is 20.3 Å². The summed E-state index contributed by atoms with van der Waals surface area (Å²) in [6.07, 6.45) is 1.56. The molecule has 0 aromatic carbocycles. The molecule has 0 atom stereocenters. The zero-order chi connectivity index (χ0) is 13.7. The van der Waals surface area contributed by atoms with Crippen molar-refractivity contribution in [2.75, 3.05) is 37.4 Å². The van der Waals surface area contributed by atoms with Crippen molar-refractivity contribution >= 4 is 22.9 Å². The average molecular weight is 268 g/mol. The molecule has 2 heterocycles. The number of aliphatic hydroxyl groups excluding tert-OH is 2. The van der Waals surface area contributed by atoms with Gasteiger partial charge in [-0.1, -0.05) is 0 Å². The summed E-state index contributed by atoms with van der Waals surface area (Å²) in [5.41, 5.74) is 6.72. The van der Waals surface area contributed by atoms with Crippen molar-refractivity contribution in [1.29, 1.82) is 0 Å². The Morgan fingerprint density at radius 1 is 1.32 bits per heavy atom. The Morgan fingerprint density at radius 3 is 2.89 bits per heavy atom. The molecule has 0 saturated heterocycles. The van der Waals surface area contributed by atoms with E-state index in [1.807, 2.05) is 0 Å². The molecule has 0 radical (unpaired) electrons. The predicted molar refractivity (Wildman–Crippen MR) is 68.3 cm³/mol. The Bertz CT molecular complexity index is 543. The Labute approximate surface area is 109 Å².